The van der Waals surface area contributed by atoms with Gasteiger partial charge in [-0.1, -0.05) is 19.1 Å². The molecular formula is C16H19NOS. The molecule has 2 N–H and O–H groups in total. The predicted molar refractivity (Wildman–Crippen MR) is 83.0 cm³/mol. The minimum Gasteiger partial charge on any atom is -0.489 e. The van der Waals surface area contributed by atoms with Crippen LogP contribution >= 0.6 is 12.6 Å². The summed E-state index contributed by atoms with van der Waals surface area (Å²) in [7, 11) is 0. The van der Waals surface area contributed by atoms with Crippen molar-refractivity contribution in [2.45, 2.75) is 31.8 Å². The van der Waals surface area contributed by atoms with Gasteiger partial charge < -0.3 is 10.5 Å². The molecule has 3 heteroatoms. The lowest BCUT2D eigenvalue weighted by molar-refractivity contribution is 0.303. The fourth-order valence-corrected chi connectivity index (χ4v) is 2.38. The Morgan fingerprint density at radius 3 is 2.68 bits per heavy atom. The number of nitrogen functional groups attached to an aromatic ring is 1. The molecule has 2 nitrogen and oxygen atoms in total. The summed E-state index contributed by atoms with van der Waals surface area (Å²) in [5, 5.41) is 0. The van der Waals surface area contributed by atoms with Gasteiger partial charge in [0.1, 0.15) is 12.4 Å². The number of rotatable bonds is 4. The summed E-state index contributed by atoms with van der Waals surface area (Å²) in [5.74, 6) is 0.878. The van der Waals surface area contributed by atoms with Crippen molar-refractivity contribution in [2.75, 3.05) is 5.73 Å². The van der Waals surface area contributed by atoms with Crippen molar-refractivity contribution in [1.82, 2.24) is 0 Å². The molecule has 0 saturated carbocycles. The number of anilines is 1. The molecular weight excluding hydrogens is 254 g/mol. The van der Waals surface area contributed by atoms with Gasteiger partial charge in [0.2, 0.25) is 0 Å². The lowest BCUT2D eigenvalue weighted by Gasteiger charge is -2.14. The summed E-state index contributed by atoms with van der Waals surface area (Å²) in [6.45, 7) is 4.64. The Kier molecular flexibility index (Phi) is 4.38. The second-order valence-electron chi connectivity index (χ2n) is 4.58. The Labute approximate surface area is 120 Å². The molecule has 0 heterocycles. The third-order valence-corrected chi connectivity index (χ3v) is 3.50. The minimum atomic E-state index is 0.503. The standard InChI is InChI=1S/C16H19NOS/c1-3-12-5-4-6-15(17)14(12)10-18-16-8-7-13(19)9-11(16)2/h4-9,19H,3,10,17H2,1-2H3. The maximum absolute atomic E-state index is 6.03. The van der Waals surface area contributed by atoms with Crippen LogP contribution in [0.25, 0.3) is 0 Å². The van der Waals surface area contributed by atoms with Crippen LogP contribution in [0, 0.1) is 6.92 Å². The van der Waals surface area contributed by atoms with Gasteiger partial charge in [0.05, 0.1) is 0 Å². The van der Waals surface area contributed by atoms with E-state index in [1.807, 2.05) is 37.3 Å². The molecule has 0 saturated heterocycles. The van der Waals surface area contributed by atoms with Crippen molar-refractivity contribution < 1.29 is 4.74 Å². The minimum absolute atomic E-state index is 0.503. The summed E-state index contributed by atoms with van der Waals surface area (Å²) in [5.41, 5.74) is 10.2. The number of nitrogens with two attached hydrogens (primary N) is 1. The van der Waals surface area contributed by atoms with E-state index in [-0.39, 0.29) is 0 Å². The maximum atomic E-state index is 6.03. The average Bonchev–Trinajstić information content (AvgIpc) is 2.39. The van der Waals surface area contributed by atoms with Crippen LogP contribution in [0.4, 0.5) is 5.69 Å². The molecule has 0 spiro atoms. The van der Waals surface area contributed by atoms with E-state index in [1.165, 1.54) is 5.56 Å². The van der Waals surface area contributed by atoms with E-state index in [1.54, 1.807) is 0 Å². The monoisotopic (exact) mass is 273 g/mol. The molecule has 19 heavy (non-hydrogen) atoms. The van der Waals surface area contributed by atoms with E-state index in [4.69, 9.17) is 10.5 Å². The first-order valence-corrected chi connectivity index (χ1v) is 6.85. The van der Waals surface area contributed by atoms with Crippen molar-refractivity contribution in [1.29, 1.82) is 0 Å². The first kappa shape index (κ1) is 13.8. The second kappa shape index (κ2) is 6.02. The van der Waals surface area contributed by atoms with Gasteiger partial charge in [0.25, 0.3) is 0 Å². The van der Waals surface area contributed by atoms with Gasteiger partial charge in [0, 0.05) is 16.1 Å². The zero-order valence-corrected chi connectivity index (χ0v) is 12.2. The first-order valence-electron chi connectivity index (χ1n) is 6.40. The number of ether oxygens (including phenoxy) is 1. The predicted octanol–water partition coefficient (Wildman–Crippen LogP) is 4.01. The SMILES string of the molecule is CCc1cccc(N)c1COc1ccc(S)cc1C. The number of thiol groups is 1. The highest BCUT2D eigenvalue weighted by atomic mass is 32.1. The quantitative estimate of drug-likeness (QED) is 0.652. The first-order chi connectivity index (χ1) is 9.11. The van der Waals surface area contributed by atoms with E-state index < -0.39 is 0 Å². The van der Waals surface area contributed by atoms with Crippen LogP contribution in [0.3, 0.4) is 0 Å². The van der Waals surface area contributed by atoms with Crippen molar-refractivity contribution in [3.63, 3.8) is 0 Å². The van der Waals surface area contributed by atoms with Gasteiger partial charge in [-0.2, -0.15) is 0 Å². The Hall–Kier alpha value is -1.61. The molecule has 100 valence electrons. The van der Waals surface area contributed by atoms with Gasteiger partial charge in [-0.3, -0.25) is 0 Å². The van der Waals surface area contributed by atoms with E-state index in [2.05, 4.69) is 25.6 Å². The van der Waals surface area contributed by atoms with Gasteiger partial charge in [-0.25, -0.2) is 0 Å². The Balaban J connectivity index is 2.19. The zero-order chi connectivity index (χ0) is 13.8. The highest BCUT2D eigenvalue weighted by Gasteiger charge is 2.07. The van der Waals surface area contributed by atoms with Crippen molar-refractivity contribution in [3.8, 4) is 5.75 Å². The smallest absolute Gasteiger partial charge is 0.122 e. The molecule has 0 aromatic heterocycles. The van der Waals surface area contributed by atoms with Crippen molar-refractivity contribution in [3.05, 3.63) is 53.1 Å². The lowest BCUT2D eigenvalue weighted by atomic mass is 10.0. The summed E-state index contributed by atoms with van der Waals surface area (Å²) < 4.78 is 5.89. The summed E-state index contributed by atoms with van der Waals surface area (Å²) in [6, 6.07) is 11.9. The highest BCUT2D eigenvalue weighted by molar-refractivity contribution is 7.80. The number of benzene rings is 2. The van der Waals surface area contributed by atoms with Gasteiger partial charge in [-0.05, 0) is 48.7 Å². The van der Waals surface area contributed by atoms with Crippen LogP contribution in [-0.4, -0.2) is 0 Å². The van der Waals surface area contributed by atoms with Gasteiger partial charge in [0.15, 0.2) is 0 Å². The summed E-state index contributed by atoms with van der Waals surface area (Å²) in [4.78, 5) is 0.943. The molecule has 0 radical (unpaired) electrons. The van der Waals surface area contributed by atoms with Crippen LogP contribution < -0.4 is 10.5 Å². The number of aryl methyl sites for hydroxylation is 2. The van der Waals surface area contributed by atoms with Gasteiger partial charge in [-0.15, -0.1) is 12.6 Å². The lowest BCUT2D eigenvalue weighted by Crippen LogP contribution is -2.04. The third-order valence-electron chi connectivity index (χ3n) is 3.22. The molecule has 0 bridgehead atoms. The highest BCUT2D eigenvalue weighted by Crippen LogP contribution is 2.24. The normalized spacial score (nSPS) is 10.5. The van der Waals surface area contributed by atoms with E-state index in [9.17, 15) is 0 Å². The molecule has 0 fully saturated rings. The van der Waals surface area contributed by atoms with Crippen LogP contribution in [0.2, 0.25) is 0 Å². The molecule has 2 aromatic carbocycles. The van der Waals surface area contributed by atoms with Gasteiger partial charge >= 0.3 is 0 Å². The Morgan fingerprint density at radius 2 is 2.00 bits per heavy atom. The van der Waals surface area contributed by atoms with E-state index in [0.29, 0.717) is 6.61 Å². The van der Waals surface area contributed by atoms with Crippen molar-refractivity contribution >= 4 is 18.3 Å². The van der Waals surface area contributed by atoms with E-state index in [0.717, 1.165) is 33.9 Å². The van der Waals surface area contributed by atoms with Crippen LogP contribution in [0.1, 0.15) is 23.6 Å². The van der Waals surface area contributed by atoms with Crippen molar-refractivity contribution in [2.24, 2.45) is 0 Å². The number of hydrogen-bond acceptors (Lipinski definition) is 3. The Morgan fingerprint density at radius 1 is 1.21 bits per heavy atom. The van der Waals surface area contributed by atoms with Crippen LogP contribution in [-0.2, 0) is 13.0 Å². The average molecular weight is 273 g/mol. The molecule has 2 rings (SSSR count). The summed E-state index contributed by atoms with van der Waals surface area (Å²) in [6.07, 6.45) is 0.957. The molecule has 0 aliphatic carbocycles. The summed E-state index contributed by atoms with van der Waals surface area (Å²) >= 11 is 4.31. The van der Waals surface area contributed by atoms with E-state index >= 15 is 0 Å². The molecule has 0 amide bonds. The topological polar surface area (TPSA) is 35.2 Å². The fourth-order valence-electron chi connectivity index (χ4n) is 2.11. The molecule has 0 unspecified atom stereocenters. The molecule has 0 aliphatic heterocycles. The largest absolute Gasteiger partial charge is 0.489 e. The third kappa shape index (κ3) is 3.24. The van der Waals surface area contributed by atoms with Crippen LogP contribution in [0.15, 0.2) is 41.3 Å². The zero-order valence-electron chi connectivity index (χ0n) is 11.3. The second-order valence-corrected chi connectivity index (χ2v) is 5.09. The van der Waals surface area contributed by atoms with Crippen LogP contribution in [0.5, 0.6) is 5.75 Å². The molecule has 0 atom stereocenters. The maximum Gasteiger partial charge on any atom is 0.122 e. The fraction of sp³-hybridized carbons (Fsp3) is 0.250. The Bertz CT molecular complexity index is 581. The molecule has 2 aromatic rings. The molecule has 0 aliphatic rings. The number of hydrogen-bond donors (Lipinski definition) is 2.